The van der Waals surface area contributed by atoms with Crippen LogP contribution in [-0.4, -0.2) is 33.5 Å². The van der Waals surface area contributed by atoms with Crippen LogP contribution in [0.3, 0.4) is 0 Å². The molecule has 1 atom stereocenters. The van der Waals surface area contributed by atoms with Gasteiger partial charge in [-0.1, -0.05) is 54.2 Å². The second-order valence-corrected chi connectivity index (χ2v) is 5.62. The van der Waals surface area contributed by atoms with Crippen LogP contribution in [0.5, 0.6) is 0 Å². The number of hydrogen-bond donors (Lipinski definition) is 1. The Bertz CT molecular complexity index is 680. The van der Waals surface area contributed by atoms with Gasteiger partial charge in [0.1, 0.15) is 0 Å². The first-order chi connectivity index (χ1) is 9.68. The number of fused-ring (bicyclic) bond motifs is 1. The average Bonchev–Trinajstić information content (AvgIpc) is 2.91. The molecule has 0 saturated carbocycles. The Kier molecular flexibility index (Phi) is 3.46. The number of hydrogen-bond acceptors (Lipinski definition) is 4. The van der Waals surface area contributed by atoms with Gasteiger partial charge < -0.3 is 5.11 Å². The normalized spacial score (nSPS) is 16.6. The first-order valence-electron chi connectivity index (χ1n) is 6.32. The molecule has 1 fully saturated rings. The minimum atomic E-state index is -1.30. The summed E-state index contributed by atoms with van der Waals surface area (Å²) >= 11 is 1.10. The van der Waals surface area contributed by atoms with E-state index < -0.39 is 12.0 Å². The fourth-order valence-corrected chi connectivity index (χ4v) is 3.15. The number of carbonyl (C=O) groups excluding carboxylic acids is 2. The van der Waals surface area contributed by atoms with Gasteiger partial charge in [-0.05, 0) is 16.3 Å². The minimum Gasteiger partial charge on any atom is -0.378 e. The lowest BCUT2D eigenvalue weighted by Crippen LogP contribution is -2.35. The van der Waals surface area contributed by atoms with Gasteiger partial charge in [0.15, 0.2) is 6.10 Å². The van der Waals surface area contributed by atoms with Gasteiger partial charge in [0.05, 0.1) is 0 Å². The van der Waals surface area contributed by atoms with Crippen LogP contribution < -0.4 is 0 Å². The summed E-state index contributed by atoms with van der Waals surface area (Å²) < 4.78 is 0. The van der Waals surface area contributed by atoms with Crippen LogP contribution in [0.4, 0.5) is 4.79 Å². The molecule has 1 N–H and O–H groups in total. The third-order valence-electron chi connectivity index (χ3n) is 3.38. The molecule has 1 aliphatic rings. The van der Waals surface area contributed by atoms with E-state index in [-0.39, 0.29) is 5.24 Å². The highest BCUT2D eigenvalue weighted by atomic mass is 32.2. The lowest BCUT2D eigenvalue weighted by atomic mass is 10.00. The lowest BCUT2D eigenvalue weighted by molar-refractivity contribution is -0.136. The van der Waals surface area contributed by atoms with Crippen molar-refractivity contribution in [2.24, 2.45) is 0 Å². The van der Waals surface area contributed by atoms with E-state index in [4.69, 9.17) is 0 Å². The highest BCUT2D eigenvalue weighted by Crippen LogP contribution is 2.28. The number of amides is 2. The molecule has 0 spiro atoms. The first kappa shape index (κ1) is 13.1. The van der Waals surface area contributed by atoms with E-state index in [0.29, 0.717) is 17.9 Å². The van der Waals surface area contributed by atoms with Crippen molar-refractivity contribution < 1.29 is 14.7 Å². The number of imide groups is 1. The van der Waals surface area contributed by atoms with Gasteiger partial charge >= 0.3 is 0 Å². The highest BCUT2D eigenvalue weighted by molar-refractivity contribution is 8.13. The molecule has 2 amide bonds. The number of aliphatic hydroxyl groups is 1. The van der Waals surface area contributed by atoms with Crippen LogP contribution in [0, 0.1) is 0 Å². The number of carbonyl (C=O) groups is 2. The van der Waals surface area contributed by atoms with Gasteiger partial charge in [-0.3, -0.25) is 14.5 Å². The third-order valence-corrected chi connectivity index (χ3v) is 4.23. The van der Waals surface area contributed by atoms with Gasteiger partial charge in [-0.2, -0.15) is 0 Å². The maximum atomic E-state index is 12.2. The quantitative estimate of drug-likeness (QED) is 0.922. The van der Waals surface area contributed by atoms with E-state index in [1.165, 1.54) is 0 Å². The largest absolute Gasteiger partial charge is 0.378 e. The molecule has 3 rings (SSSR count). The molecule has 1 unspecified atom stereocenters. The Morgan fingerprint density at radius 2 is 1.95 bits per heavy atom. The monoisotopic (exact) mass is 287 g/mol. The molecule has 1 heterocycles. The van der Waals surface area contributed by atoms with Crippen molar-refractivity contribution in [3.63, 3.8) is 0 Å². The Balaban J connectivity index is 1.98. The lowest BCUT2D eigenvalue weighted by Gasteiger charge is -2.18. The Labute approximate surface area is 120 Å². The fourth-order valence-electron chi connectivity index (χ4n) is 2.36. The molecule has 102 valence electrons. The molecular weight excluding hydrogens is 274 g/mol. The van der Waals surface area contributed by atoms with E-state index >= 15 is 0 Å². The molecule has 1 aliphatic heterocycles. The van der Waals surface area contributed by atoms with E-state index in [9.17, 15) is 14.7 Å². The minimum absolute atomic E-state index is 0.283. The Morgan fingerprint density at radius 3 is 2.70 bits per heavy atom. The van der Waals surface area contributed by atoms with Crippen LogP contribution in [0.2, 0.25) is 0 Å². The van der Waals surface area contributed by atoms with Crippen LogP contribution in [0.25, 0.3) is 10.8 Å². The van der Waals surface area contributed by atoms with Crippen molar-refractivity contribution >= 4 is 33.7 Å². The molecule has 2 aromatic rings. The summed E-state index contributed by atoms with van der Waals surface area (Å²) in [7, 11) is 0. The van der Waals surface area contributed by atoms with Crippen molar-refractivity contribution in [2.75, 3.05) is 12.3 Å². The first-order valence-corrected chi connectivity index (χ1v) is 7.31. The molecule has 5 heteroatoms. The zero-order valence-corrected chi connectivity index (χ0v) is 11.5. The summed E-state index contributed by atoms with van der Waals surface area (Å²) in [6.07, 6.45) is -1.30. The van der Waals surface area contributed by atoms with Crippen LogP contribution in [0.1, 0.15) is 11.7 Å². The van der Waals surface area contributed by atoms with Crippen molar-refractivity contribution in [2.45, 2.75) is 6.10 Å². The Hall–Kier alpha value is -1.85. The molecule has 0 bridgehead atoms. The molecule has 0 aromatic heterocycles. The Morgan fingerprint density at radius 1 is 1.20 bits per heavy atom. The fraction of sp³-hybridized carbons (Fsp3) is 0.200. The smallest absolute Gasteiger partial charge is 0.288 e. The number of aliphatic hydroxyl groups excluding tert-OH is 1. The highest BCUT2D eigenvalue weighted by Gasteiger charge is 2.32. The summed E-state index contributed by atoms with van der Waals surface area (Å²) in [5.74, 6) is 0.0451. The predicted molar refractivity (Wildman–Crippen MR) is 78.5 cm³/mol. The van der Waals surface area contributed by atoms with Crippen LogP contribution >= 0.6 is 11.8 Å². The van der Waals surface area contributed by atoms with Gasteiger partial charge in [-0.15, -0.1) is 0 Å². The van der Waals surface area contributed by atoms with Crippen LogP contribution in [0.15, 0.2) is 42.5 Å². The number of thioether (sulfide) groups is 1. The predicted octanol–water partition coefficient (Wildman–Crippen LogP) is 2.57. The van der Waals surface area contributed by atoms with E-state index in [2.05, 4.69) is 0 Å². The van der Waals surface area contributed by atoms with E-state index in [1.807, 2.05) is 30.3 Å². The summed E-state index contributed by atoms with van der Waals surface area (Å²) in [5, 5.41) is 11.8. The summed E-state index contributed by atoms with van der Waals surface area (Å²) in [5.41, 5.74) is 0.540. The molecule has 1 saturated heterocycles. The second-order valence-electron chi connectivity index (χ2n) is 4.58. The standard InChI is InChI=1S/C15H13NO3S/c17-13(14(18)16-8-9-20-15(16)19)12-7-3-5-10-4-1-2-6-11(10)12/h1-7,13,17H,8-9H2. The van der Waals surface area contributed by atoms with Crippen LogP contribution in [-0.2, 0) is 4.79 Å². The SMILES string of the molecule is O=C1SCCN1C(=O)C(O)c1cccc2ccccc12. The van der Waals surface area contributed by atoms with Crippen molar-refractivity contribution in [1.29, 1.82) is 0 Å². The summed E-state index contributed by atoms with van der Waals surface area (Å²) in [6, 6.07) is 13.0. The molecule has 20 heavy (non-hydrogen) atoms. The maximum absolute atomic E-state index is 12.2. The van der Waals surface area contributed by atoms with Gasteiger partial charge in [0.2, 0.25) is 0 Å². The summed E-state index contributed by atoms with van der Waals surface area (Å²) in [4.78, 5) is 24.9. The number of rotatable bonds is 2. The van der Waals surface area contributed by atoms with Crippen molar-refractivity contribution in [1.82, 2.24) is 4.90 Å². The number of nitrogens with zero attached hydrogens (tertiary/aromatic N) is 1. The van der Waals surface area contributed by atoms with Gasteiger partial charge in [0, 0.05) is 12.3 Å². The van der Waals surface area contributed by atoms with Gasteiger partial charge in [-0.25, -0.2) is 0 Å². The van der Waals surface area contributed by atoms with Crippen molar-refractivity contribution in [3.8, 4) is 0 Å². The third kappa shape index (κ3) is 2.19. The zero-order chi connectivity index (χ0) is 14.1. The molecule has 4 nitrogen and oxygen atoms in total. The second kappa shape index (κ2) is 5.26. The molecular formula is C15H13NO3S. The number of benzene rings is 2. The van der Waals surface area contributed by atoms with E-state index in [1.54, 1.807) is 12.1 Å². The average molecular weight is 287 g/mol. The maximum Gasteiger partial charge on any atom is 0.288 e. The van der Waals surface area contributed by atoms with E-state index in [0.717, 1.165) is 27.4 Å². The van der Waals surface area contributed by atoms with Gasteiger partial charge in [0.25, 0.3) is 11.1 Å². The zero-order valence-electron chi connectivity index (χ0n) is 10.7. The molecule has 0 aliphatic carbocycles. The van der Waals surface area contributed by atoms with Crippen molar-refractivity contribution in [3.05, 3.63) is 48.0 Å². The molecule has 2 aromatic carbocycles. The summed E-state index contributed by atoms with van der Waals surface area (Å²) in [6.45, 7) is 0.365. The molecule has 0 radical (unpaired) electrons. The topological polar surface area (TPSA) is 57.6 Å².